The largest absolute Gasteiger partial charge is 1.00 e. The fourth-order valence-electron chi connectivity index (χ4n) is 6.51. The number of amides is 5. The molecule has 33 heteroatoms. The third-order valence-corrected chi connectivity index (χ3v) is 14.6. The fourth-order valence-corrected chi connectivity index (χ4v) is 10.9. The summed E-state index contributed by atoms with van der Waals surface area (Å²) in [5.41, 5.74) is -1.86. The van der Waals surface area contributed by atoms with Crippen LogP contribution in [0, 0.1) is 0 Å². The van der Waals surface area contributed by atoms with Crippen LogP contribution < -0.4 is 133 Å². The summed E-state index contributed by atoms with van der Waals surface area (Å²) in [6.07, 6.45) is 5.16. The van der Waals surface area contributed by atoms with E-state index in [0.29, 0.717) is 37.5 Å². The number of phosphoric ester groups is 1. The molecule has 0 aliphatic carbocycles. The number of nitrogens with zero attached hydrogens (tertiary/aromatic N) is 1. The second-order valence-electron chi connectivity index (χ2n) is 14.2. The monoisotopic (exact) mass is 971 g/mol. The number of urea groups is 1. The smallest absolute Gasteiger partial charge is 0.790 e. The van der Waals surface area contributed by atoms with Gasteiger partial charge in [0.1, 0.15) is 12.3 Å². The first kappa shape index (κ1) is 64.2. The van der Waals surface area contributed by atoms with Gasteiger partial charge in [-0.05, 0) is 32.1 Å². The zero-order chi connectivity index (χ0) is 44.8. The van der Waals surface area contributed by atoms with Crippen molar-refractivity contribution in [1.29, 1.82) is 0 Å². The van der Waals surface area contributed by atoms with Gasteiger partial charge in [0.2, 0.25) is 17.7 Å². The Morgan fingerprint density at radius 2 is 1.46 bits per heavy atom. The maximum atomic E-state index is 12.5. The van der Waals surface area contributed by atoms with Gasteiger partial charge in [-0.15, -0.1) is 0 Å². The van der Waals surface area contributed by atoms with E-state index in [1.165, 1.54) is 12.2 Å². The maximum absolute atomic E-state index is 12.5. The van der Waals surface area contributed by atoms with Crippen LogP contribution in [-0.2, 0) is 46.0 Å². The molecule has 8 unspecified atom stereocenters. The van der Waals surface area contributed by atoms with E-state index < -0.39 is 59.8 Å². The molecule has 3 aliphatic heterocycles. The Balaban J connectivity index is 0.0000102. The molecule has 65 heavy (non-hydrogen) atoms. The molecule has 4 heterocycles. The van der Waals surface area contributed by atoms with E-state index in [0.717, 1.165) is 48.6 Å². The van der Waals surface area contributed by atoms with Crippen molar-refractivity contribution in [2.45, 2.75) is 106 Å². The molecule has 7 N–H and O–H groups in total. The second-order valence-corrected chi connectivity index (χ2v) is 19.7. The Bertz CT molecular complexity index is 2020. The average molecular weight is 972 g/mol. The molecule has 1 aromatic rings. The number of aliphatic hydroxyl groups excluding tert-OH is 1. The summed E-state index contributed by atoms with van der Waals surface area (Å²) >= 11 is 1.85. The van der Waals surface area contributed by atoms with Crippen LogP contribution in [0.3, 0.4) is 0 Å². The van der Waals surface area contributed by atoms with E-state index in [-0.39, 0.29) is 143 Å². The Kier molecular flexibility index (Phi) is 30.3. The molecule has 3 saturated heterocycles. The van der Waals surface area contributed by atoms with Crippen LogP contribution in [0.25, 0.3) is 6.08 Å². The molecule has 3 aliphatic rings. The summed E-state index contributed by atoms with van der Waals surface area (Å²) in [6, 6.07) is 0.251. The van der Waals surface area contributed by atoms with E-state index in [9.17, 15) is 67.1 Å². The summed E-state index contributed by atoms with van der Waals surface area (Å²) in [7, 11) is -18.3. The van der Waals surface area contributed by atoms with Crippen LogP contribution in [0.4, 0.5) is 4.79 Å². The summed E-state index contributed by atoms with van der Waals surface area (Å²) < 4.78 is 50.8. The number of carbonyl (C=O) groups is 4. The van der Waals surface area contributed by atoms with Gasteiger partial charge < -0.3 is 65.1 Å². The number of aromatic nitrogens is 2. The molecule has 0 bridgehead atoms. The Hall–Kier alpha value is -0.830. The minimum atomic E-state index is -6.21. The van der Waals surface area contributed by atoms with Gasteiger partial charge in [0, 0.05) is 62.5 Å². The van der Waals surface area contributed by atoms with Crippen molar-refractivity contribution in [1.82, 2.24) is 36.1 Å². The number of unbranched alkanes of at least 4 members (excludes halogenated alkanes) is 3. The first-order valence-corrected chi connectivity index (χ1v) is 24.7. The van der Waals surface area contributed by atoms with Crippen molar-refractivity contribution in [3.63, 3.8) is 0 Å². The van der Waals surface area contributed by atoms with Crippen LogP contribution in [0.1, 0.15) is 82.4 Å². The molecule has 1 aromatic heterocycles. The molecule has 0 radical (unpaired) electrons. The number of phosphoric acid groups is 3. The molecule has 0 saturated carbocycles. The van der Waals surface area contributed by atoms with Crippen LogP contribution in [0.15, 0.2) is 21.9 Å². The zero-order valence-electron chi connectivity index (χ0n) is 36.6. The van der Waals surface area contributed by atoms with Crippen LogP contribution in [-0.4, -0.2) is 99.9 Å². The van der Waals surface area contributed by atoms with Crippen LogP contribution >= 0.6 is 35.2 Å². The molecule has 8 atom stereocenters. The first-order chi connectivity index (χ1) is 28.7. The minimum absolute atomic E-state index is 0. The molecule has 0 aromatic carbocycles. The van der Waals surface area contributed by atoms with E-state index in [2.05, 4.69) is 39.7 Å². The summed E-state index contributed by atoms with van der Waals surface area (Å²) in [5.74, 6) is 0.421. The van der Waals surface area contributed by atoms with Crippen molar-refractivity contribution >= 4 is 65.1 Å². The molecule has 25 nitrogen and oxygen atoms in total. The van der Waals surface area contributed by atoms with Crippen LogP contribution in [0.2, 0.25) is 0 Å². The van der Waals surface area contributed by atoms with Gasteiger partial charge in [0.15, 0.2) is 0 Å². The standard InChI is InChI=1S/C32H52N7O18P3S.4Li/c40-22-16-28(55-23(22)18-54-59(50,51)57-60(52,53)56-58(47,48)49)39-17-20(30(44)38-32(39)46)8-6-14-34-27(43)12-7-15-35-25(41)10-2-1-5-13-33-26(42)11-4-3-9-24-29-21(19-61-24)36-31(45)37-29;;;;/h6,8,17,21-24,28-29,40H,1-5,7,9-16,18-19H2,(H,33,42)(H,34,43)(H,35,41)(H,50,51)(H,52,53)(H2,36,37,45)(H,38,44,46)(H2,47,48,49);;;;/q;4*+1/p-4. The van der Waals surface area contributed by atoms with Crippen LogP contribution in [0.5, 0.6) is 0 Å². The third kappa shape index (κ3) is 23.6. The molecule has 344 valence electrons. The van der Waals surface area contributed by atoms with Crippen molar-refractivity contribution < 1.29 is 151 Å². The Morgan fingerprint density at radius 1 is 0.846 bits per heavy atom. The molecule has 4 rings (SSSR count). The molecule has 0 spiro atoms. The van der Waals surface area contributed by atoms with Crippen molar-refractivity contribution in [3.05, 3.63) is 38.7 Å². The quantitative estimate of drug-likeness (QED) is 0.0196. The van der Waals surface area contributed by atoms with Crippen molar-refractivity contribution in [3.8, 4) is 0 Å². The summed E-state index contributed by atoms with van der Waals surface area (Å²) in [4.78, 5) is 119. The number of hydrogen-bond acceptors (Lipinski definition) is 19. The number of nitrogens with one attached hydrogen (secondary N) is 6. The van der Waals surface area contributed by atoms with E-state index in [1.807, 2.05) is 16.7 Å². The van der Waals surface area contributed by atoms with Gasteiger partial charge in [-0.1, -0.05) is 25.0 Å². The summed E-state index contributed by atoms with van der Waals surface area (Å²) in [5, 5.41) is 24.9. The van der Waals surface area contributed by atoms with E-state index in [4.69, 9.17) is 4.74 Å². The number of H-pyrrole nitrogens is 1. The SMILES string of the molecule is O=C(CCCNC(=O)CCCCCNC(=O)CCCCC1SCC2NC(=O)NC21)NCC=Cc1cn(C2CC(O)C(COP(=O)([O-])OP(=O)([O-])OP(=O)([O-])[O-])O2)c(=O)[nH]c1=O.[Li+].[Li+].[Li+].[Li+]. The van der Waals surface area contributed by atoms with Gasteiger partial charge in [-0.25, -0.2) is 13.9 Å². The normalized spacial score (nSPS) is 22.9. The van der Waals surface area contributed by atoms with E-state index >= 15 is 0 Å². The molecular weight excluding hydrogens is 923 g/mol. The van der Waals surface area contributed by atoms with Gasteiger partial charge in [-0.2, -0.15) is 11.8 Å². The van der Waals surface area contributed by atoms with Gasteiger partial charge in [0.25, 0.3) is 21.2 Å². The van der Waals surface area contributed by atoms with Crippen molar-refractivity contribution in [2.75, 3.05) is 32.0 Å². The average Bonchev–Trinajstić information content (AvgIpc) is 3.83. The second kappa shape index (κ2) is 30.7. The maximum Gasteiger partial charge on any atom is 1.00 e. The minimum Gasteiger partial charge on any atom is -0.790 e. The number of carbonyl (C=O) groups excluding carboxylic acids is 4. The van der Waals surface area contributed by atoms with E-state index in [1.54, 1.807) is 0 Å². The Morgan fingerprint density at radius 3 is 2.12 bits per heavy atom. The number of aliphatic hydroxyl groups is 1. The summed E-state index contributed by atoms with van der Waals surface area (Å²) in [6.45, 7) is -0.284. The molecule has 3 fully saturated rings. The Labute approximate surface area is 426 Å². The number of thioether (sulfide) groups is 1. The number of rotatable bonds is 26. The predicted molar refractivity (Wildman–Crippen MR) is 207 cm³/mol. The predicted octanol–water partition coefficient (Wildman–Crippen LogP) is -14.6. The van der Waals surface area contributed by atoms with Crippen molar-refractivity contribution in [2.24, 2.45) is 0 Å². The van der Waals surface area contributed by atoms with Gasteiger partial charge >= 0.3 is 87.2 Å². The number of aromatic amines is 1. The van der Waals surface area contributed by atoms with Gasteiger partial charge in [0.05, 0.1) is 38.2 Å². The molecule has 5 amide bonds. The number of fused-ring (bicyclic) bond motifs is 1. The first-order valence-electron chi connectivity index (χ1n) is 19.3. The van der Waals surface area contributed by atoms with Gasteiger partial charge in [-0.3, -0.25) is 42.2 Å². The fraction of sp³-hybridized carbons (Fsp3) is 0.688. The number of hydrogen-bond donors (Lipinski definition) is 7. The number of ether oxygens (including phenoxy) is 1. The third-order valence-electron chi connectivity index (χ3n) is 9.41. The zero-order valence-corrected chi connectivity index (χ0v) is 40.1. The molecular formula is C32H48Li4N7O18P3S. The topological polar surface area (TPSA) is 384 Å².